The lowest BCUT2D eigenvalue weighted by Crippen LogP contribution is -2.19. The fourth-order valence-electron chi connectivity index (χ4n) is 6.36. The second-order valence-corrected chi connectivity index (χ2v) is 18.7. The van der Waals surface area contributed by atoms with Gasteiger partial charge >= 0.3 is 0 Å². The zero-order valence-corrected chi connectivity index (χ0v) is 42.7. The molecule has 410 valence electrons. The summed E-state index contributed by atoms with van der Waals surface area (Å²) in [5.74, 6) is -18.5. The van der Waals surface area contributed by atoms with Gasteiger partial charge in [0.25, 0.3) is 23.6 Å². The molecule has 0 bridgehead atoms. The van der Waals surface area contributed by atoms with Gasteiger partial charge in [-0.15, -0.1) is 11.8 Å². The minimum Gasteiger partial charge on any atom is -0.399 e. The summed E-state index contributed by atoms with van der Waals surface area (Å²) < 4.78 is 130. The summed E-state index contributed by atoms with van der Waals surface area (Å²) in [6.07, 6.45) is 2.98. The van der Waals surface area contributed by atoms with Gasteiger partial charge in [0.05, 0.1) is 28.6 Å². The molecule has 0 radical (unpaired) electrons. The molecule has 0 heterocycles. The minimum atomic E-state index is -3.46. The van der Waals surface area contributed by atoms with Crippen molar-refractivity contribution in [2.45, 2.75) is 4.90 Å². The molecule has 0 aromatic heterocycles. The quantitative estimate of drug-likeness (QED) is 0.0193. The van der Waals surface area contributed by atoms with Crippen molar-refractivity contribution in [1.29, 1.82) is 0 Å². The fourth-order valence-corrected chi connectivity index (χ4v) is 7.54. The van der Waals surface area contributed by atoms with E-state index in [9.17, 15) is 62.7 Å². The van der Waals surface area contributed by atoms with Gasteiger partial charge in [-0.2, -0.15) is 0 Å². The van der Waals surface area contributed by atoms with Crippen LogP contribution in [0.25, 0.3) is 0 Å². The third-order valence-corrected chi connectivity index (χ3v) is 11.6. The molecule has 15 nitrogen and oxygen atoms in total. The van der Waals surface area contributed by atoms with E-state index < -0.39 is 85.4 Å². The molecule has 0 unspecified atom stereocenters. The highest BCUT2D eigenvalue weighted by atomic mass is 32.2. The molecule has 0 atom stereocenters. The van der Waals surface area contributed by atoms with Gasteiger partial charge in [-0.3, -0.25) is 23.9 Å². The molecule has 0 spiro atoms. The Morgan fingerprint density at radius 1 is 0.392 bits per heavy atom. The highest BCUT2D eigenvalue weighted by Crippen LogP contribution is 2.26. The van der Waals surface area contributed by atoms with Gasteiger partial charge < -0.3 is 44.2 Å². The zero-order chi connectivity index (χ0) is 58.1. The van der Waals surface area contributed by atoms with E-state index in [1.807, 2.05) is 35.8 Å². The Morgan fingerprint density at radius 2 is 0.734 bits per heavy atom. The van der Waals surface area contributed by atoms with E-state index in [1.165, 1.54) is 54.6 Å². The molecule has 0 fully saturated rings. The van der Waals surface area contributed by atoms with Crippen LogP contribution in [-0.2, 0) is 10.0 Å². The van der Waals surface area contributed by atoms with Crippen molar-refractivity contribution in [3.63, 3.8) is 0 Å². The van der Waals surface area contributed by atoms with Crippen molar-refractivity contribution in [2.24, 2.45) is 0 Å². The molecular formula is C54H45F8N9O6S2. The Balaban J connectivity index is 0.000000194. The molecule has 25 heteroatoms. The maximum absolute atomic E-state index is 13.4. The first-order chi connectivity index (χ1) is 37.4. The molecular weight excluding hydrogens is 1090 g/mol. The predicted octanol–water partition coefficient (Wildman–Crippen LogP) is 11.3. The number of nitrogens with one attached hydrogen (secondary N) is 5. The molecule has 0 aliphatic heterocycles. The molecule has 8 aromatic carbocycles. The second-order valence-electron chi connectivity index (χ2n) is 16.1. The largest absolute Gasteiger partial charge is 0.399 e. The summed E-state index contributed by atoms with van der Waals surface area (Å²) in [7, 11) is -3.46. The maximum atomic E-state index is 13.4. The first-order valence-corrected chi connectivity index (χ1v) is 25.5. The number of hydrogen-bond acceptors (Lipinski definition) is 11. The van der Waals surface area contributed by atoms with Crippen LogP contribution in [-0.4, -0.2) is 44.6 Å². The Bertz CT molecular complexity index is 3580. The van der Waals surface area contributed by atoms with Crippen LogP contribution in [0, 0.1) is 46.5 Å². The summed E-state index contributed by atoms with van der Waals surface area (Å²) in [4.78, 5) is 48.7. The monoisotopic (exact) mass is 1130 g/mol. The Kier molecular flexibility index (Phi) is 20.9. The number of sulfonamides is 1. The molecule has 8 rings (SSSR count). The first-order valence-electron chi connectivity index (χ1n) is 22.4. The number of hydrogen-bond donors (Lipinski definition) is 9. The summed E-state index contributed by atoms with van der Waals surface area (Å²) in [5, 5.41) is 9.89. The van der Waals surface area contributed by atoms with E-state index in [2.05, 4.69) is 20.7 Å². The number of para-hydroxylation sites is 1. The number of thioether (sulfide) groups is 1. The predicted molar refractivity (Wildman–Crippen MR) is 291 cm³/mol. The number of amides is 4. The summed E-state index contributed by atoms with van der Waals surface area (Å²) in [6, 6.07) is 40.7. The lowest BCUT2D eigenvalue weighted by atomic mass is 10.1. The van der Waals surface area contributed by atoms with Crippen molar-refractivity contribution >= 4 is 96.6 Å². The topological polar surface area (TPSA) is 267 Å². The van der Waals surface area contributed by atoms with E-state index in [0.29, 0.717) is 45.8 Å². The van der Waals surface area contributed by atoms with Crippen LogP contribution < -0.4 is 48.9 Å². The van der Waals surface area contributed by atoms with Crippen LogP contribution >= 0.6 is 11.8 Å². The molecule has 13 N–H and O–H groups in total. The number of benzene rings is 8. The smallest absolute Gasteiger partial charge is 0.261 e. The van der Waals surface area contributed by atoms with Gasteiger partial charge in [-0.1, -0.05) is 24.3 Å². The van der Waals surface area contributed by atoms with Crippen molar-refractivity contribution in [2.75, 3.05) is 61.4 Å². The molecule has 0 saturated carbocycles. The average molecular weight is 1130 g/mol. The summed E-state index contributed by atoms with van der Waals surface area (Å²) >= 11 is 1.56. The third kappa shape index (κ3) is 17.2. The van der Waals surface area contributed by atoms with Crippen molar-refractivity contribution in [3.05, 3.63) is 227 Å². The molecule has 4 amide bonds. The van der Waals surface area contributed by atoms with E-state index in [4.69, 9.17) is 22.9 Å². The van der Waals surface area contributed by atoms with Gasteiger partial charge in [0.1, 0.15) is 5.56 Å². The maximum Gasteiger partial charge on any atom is 0.261 e. The van der Waals surface area contributed by atoms with Crippen molar-refractivity contribution in [3.8, 4) is 0 Å². The second kappa shape index (κ2) is 27.4. The summed E-state index contributed by atoms with van der Waals surface area (Å²) in [6.45, 7) is 0. The Labute approximate surface area is 450 Å². The van der Waals surface area contributed by atoms with E-state index in [-0.39, 0.29) is 22.8 Å². The van der Waals surface area contributed by atoms with Gasteiger partial charge in [-0.25, -0.2) is 43.5 Å². The van der Waals surface area contributed by atoms with Gasteiger partial charge in [0, 0.05) is 50.4 Å². The number of carbonyl (C=O) groups excluding carboxylic acids is 4. The lowest BCUT2D eigenvalue weighted by molar-refractivity contribution is 0.100. The molecule has 0 aliphatic carbocycles. The van der Waals surface area contributed by atoms with Gasteiger partial charge in [0.15, 0.2) is 40.7 Å². The van der Waals surface area contributed by atoms with Crippen LogP contribution in [0.1, 0.15) is 41.4 Å². The number of rotatable bonds is 11. The van der Waals surface area contributed by atoms with Crippen LogP contribution in [0.3, 0.4) is 0 Å². The van der Waals surface area contributed by atoms with Crippen LogP contribution in [0.4, 0.5) is 86.3 Å². The highest BCUT2D eigenvalue weighted by Gasteiger charge is 2.30. The van der Waals surface area contributed by atoms with Crippen LogP contribution in [0.2, 0.25) is 0 Å². The molecule has 8 aromatic rings. The highest BCUT2D eigenvalue weighted by molar-refractivity contribution is 7.98. The normalized spacial score (nSPS) is 10.5. The number of anilines is 9. The fraction of sp³-hybridized carbons (Fsp3) is 0.0370. The Morgan fingerprint density at radius 3 is 1.14 bits per heavy atom. The zero-order valence-electron chi connectivity index (χ0n) is 41.1. The standard InChI is InChI=1S/C14H15N3O3S.C14H14N2OS.C13H7F5N2O.C13H9F3N2O/c1-21(19,20)17-13-5-3-2-4-12(13)14(18)16-11-8-6-10(15)7-9-11;1-18-13-5-3-2-4-12(13)14(17)16-11-8-6-10(15)7-9-11;14-8-7(9(15)11(17)12(18)10(8)16)13(21)20-6-3-1-5(19)2-4-6;14-10-6-5-9(11(15)12(10)16)13(19)18-8-3-1-7(17)2-4-8/h2-9,17H,15H2,1H3,(H,16,18);2-9H,15H2,1H3,(H,16,17);1-4H,19H2,(H,20,21);1-6H,17H2,(H,18,19). The summed E-state index contributed by atoms with van der Waals surface area (Å²) in [5.41, 5.74) is 24.9. The van der Waals surface area contributed by atoms with E-state index >= 15 is 0 Å². The van der Waals surface area contributed by atoms with Gasteiger partial charge in [0.2, 0.25) is 15.8 Å². The SMILES string of the molecule is CS(=O)(=O)Nc1ccccc1C(=O)Nc1ccc(N)cc1.CSc1ccccc1C(=O)Nc1ccc(N)cc1.Nc1ccc(NC(=O)c2c(F)c(F)c(F)c(F)c2F)cc1.Nc1ccc(NC(=O)c2ccc(F)c(F)c2F)cc1. The molecule has 0 saturated heterocycles. The van der Waals surface area contributed by atoms with Gasteiger partial charge in [-0.05, 0) is 140 Å². The molecule has 0 aliphatic rings. The number of nitrogen functional groups attached to an aromatic ring is 4. The van der Waals surface area contributed by atoms with E-state index in [1.54, 1.807) is 78.5 Å². The number of nitrogens with two attached hydrogens (primary N) is 4. The van der Waals surface area contributed by atoms with Crippen LogP contribution in [0.5, 0.6) is 0 Å². The third-order valence-electron chi connectivity index (χ3n) is 10.2. The van der Waals surface area contributed by atoms with Crippen molar-refractivity contribution in [1.82, 2.24) is 0 Å². The Hall–Kier alpha value is -9.62. The number of halogens is 8. The van der Waals surface area contributed by atoms with Crippen LogP contribution in [0.15, 0.2) is 163 Å². The van der Waals surface area contributed by atoms with E-state index in [0.717, 1.165) is 22.9 Å². The molecule has 79 heavy (non-hydrogen) atoms. The number of carbonyl (C=O) groups is 4. The minimum absolute atomic E-state index is 0.0816. The van der Waals surface area contributed by atoms with Crippen molar-refractivity contribution < 1.29 is 62.7 Å². The average Bonchev–Trinajstić information content (AvgIpc) is 3.42. The lowest BCUT2D eigenvalue weighted by Gasteiger charge is -2.11. The first kappa shape index (κ1) is 60.2.